The largest absolute Gasteiger partial charge is 0.361 e. The number of aromatic nitrogens is 3. The second-order valence-corrected chi connectivity index (χ2v) is 7.34. The summed E-state index contributed by atoms with van der Waals surface area (Å²) in [6, 6.07) is 0. The van der Waals surface area contributed by atoms with Crippen molar-refractivity contribution >= 4 is 11.8 Å². The number of aryl methyl sites for hydroxylation is 3. The van der Waals surface area contributed by atoms with E-state index in [-0.39, 0.29) is 11.8 Å². The van der Waals surface area contributed by atoms with Crippen LogP contribution in [0.25, 0.3) is 0 Å². The summed E-state index contributed by atoms with van der Waals surface area (Å²) in [7, 11) is 0. The van der Waals surface area contributed by atoms with Crippen LogP contribution >= 0.6 is 0 Å². The molecule has 1 saturated heterocycles. The minimum absolute atomic E-state index is 0.0379. The standard InChI is InChI=1S/C19H25N5O3/c1-13-15(14(2)27-21-13)11-18(25)22-7-9-23(10-8-22)19(26)16-12-20-24-6-4-3-5-17(16)24/h12H,3-11H2,1-2H3. The number of hydrogen-bond acceptors (Lipinski definition) is 5. The molecule has 0 aliphatic carbocycles. The van der Waals surface area contributed by atoms with Crippen LogP contribution in [0.3, 0.4) is 0 Å². The highest BCUT2D eigenvalue weighted by Gasteiger charge is 2.29. The van der Waals surface area contributed by atoms with E-state index < -0.39 is 0 Å². The molecule has 0 aromatic carbocycles. The van der Waals surface area contributed by atoms with Crippen LogP contribution in [0, 0.1) is 13.8 Å². The molecule has 2 aliphatic rings. The van der Waals surface area contributed by atoms with Gasteiger partial charge >= 0.3 is 0 Å². The third-order valence-corrected chi connectivity index (χ3v) is 5.64. The van der Waals surface area contributed by atoms with Crippen molar-refractivity contribution < 1.29 is 14.1 Å². The van der Waals surface area contributed by atoms with Crippen molar-refractivity contribution in [2.24, 2.45) is 0 Å². The SMILES string of the molecule is Cc1noc(C)c1CC(=O)N1CCN(C(=O)c2cnn3c2CCCC3)CC1. The van der Waals surface area contributed by atoms with Gasteiger partial charge in [0.05, 0.1) is 29.6 Å². The molecule has 2 aromatic heterocycles. The van der Waals surface area contributed by atoms with Crippen molar-refractivity contribution in [3.05, 3.63) is 34.5 Å². The molecule has 4 heterocycles. The highest BCUT2D eigenvalue weighted by Crippen LogP contribution is 2.20. The lowest BCUT2D eigenvalue weighted by Crippen LogP contribution is -2.51. The van der Waals surface area contributed by atoms with Crippen LogP contribution in [-0.4, -0.2) is 62.7 Å². The molecule has 0 bridgehead atoms. The van der Waals surface area contributed by atoms with Gasteiger partial charge in [-0.1, -0.05) is 5.16 Å². The fourth-order valence-electron chi connectivity index (χ4n) is 3.95. The fraction of sp³-hybridized carbons (Fsp3) is 0.579. The summed E-state index contributed by atoms with van der Waals surface area (Å²) in [6.07, 6.45) is 5.14. The van der Waals surface area contributed by atoms with Gasteiger partial charge in [0.25, 0.3) is 5.91 Å². The number of fused-ring (bicyclic) bond motifs is 1. The van der Waals surface area contributed by atoms with Gasteiger partial charge in [0.15, 0.2) is 0 Å². The predicted molar refractivity (Wildman–Crippen MR) is 97.3 cm³/mol. The summed E-state index contributed by atoms with van der Waals surface area (Å²) in [6.45, 7) is 6.78. The van der Waals surface area contributed by atoms with Gasteiger partial charge < -0.3 is 14.3 Å². The highest BCUT2D eigenvalue weighted by molar-refractivity contribution is 5.95. The lowest BCUT2D eigenvalue weighted by molar-refractivity contribution is -0.131. The first kappa shape index (κ1) is 17.8. The maximum absolute atomic E-state index is 12.9. The molecule has 4 rings (SSSR count). The Hall–Kier alpha value is -2.64. The predicted octanol–water partition coefficient (Wildman–Crippen LogP) is 1.35. The van der Waals surface area contributed by atoms with Crippen LogP contribution in [0.15, 0.2) is 10.7 Å². The van der Waals surface area contributed by atoms with Crippen molar-refractivity contribution in [2.45, 2.75) is 46.1 Å². The minimum atomic E-state index is 0.0379. The average molecular weight is 371 g/mol. The van der Waals surface area contributed by atoms with E-state index in [2.05, 4.69) is 10.3 Å². The molecular formula is C19H25N5O3. The Morgan fingerprint density at radius 3 is 2.52 bits per heavy atom. The van der Waals surface area contributed by atoms with E-state index in [0.29, 0.717) is 38.4 Å². The second kappa shape index (κ2) is 7.17. The van der Waals surface area contributed by atoms with Crippen molar-refractivity contribution in [1.29, 1.82) is 0 Å². The van der Waals surface area contributed by atoms with E-state index in [1.807, 2.05) is 28.3 Å². The Labute approximate surface area is 158 Å². The van der Waals surface area contributed by atoms with Crippen molar-refractivity contribution in [3.8, 4) is 0 Å². The molecule has 0 spiro atoms. The van der Waals surface area contributed by atoms with E-state index in [1.54, 1.807) is 6.20 Å². The van der Waals surface area contributed by atoms with Crippen LogP contribution in [0.1, 0.15) is 45.9 Å². The Kier molecular flexibility index (Phi) is 4.72. The maximum atomic E-state index is 12.9. The smallest absolute Gasteiger partial charge is 0.257 e. The molecule has 0 N–H and O–H groups in total. The number of amides is 2. The third-order valence-electron chi connectivity index (χ3n) is 5.64. The molecule has 1 fully saturated rings. The van der Waals surface area contributed by atoms with E-state index in [4.69, 9.17) is 4.52 Å². The molecule has 2 aromatic rings. The number of hydrogen-bond donors (Lipinski definition) is 0. The molecule has 8 nitrogen and oxygen atoms in total. The van der Waals surface area contributed by atoms with Crippen molar-refractivity contribution in [1.82, 2.24) is 24.7 Å². The zero-order valence-electron chi connectivity index (χ0n) is 15.9. The van der Waals surface area contributed by atoms with Crippen LogP contribution in [0.5, 0.6) is 0 Å². The number of carbonyl (C=O) groups is 2. The van der Waals surface area contributed by atoms with E-state index in [9.17, 15) is 9.59 Å². The zero-order valence-corrected chi connectivity index (χ0v) is 15.9. The van der Waals surface area contributed by atoms with Crippen molar-refractivity contribution in [2.75, 3.05) is 26.2 Å². The molecular weight excluding hydrogens is 346 g/mol. The highest BCUT2D eigenvalue weighted by atomic mass is 16.5. The Morgan fingerprint density at radius 2 is 1.81 bits per heavy atom. The second-order valence-electron chi connectivity index (χ2n) is 7.34. The number of nitrogens with zero attached hydrogens (tertiary/aromatic N) is 5. The minimum Gasteiger partial charge on any atom is -0.361 e. The molecule has 144 valence electrons. The van der Waals surface area contributed by atoms with Crippen molar-refractivity contribution in [3.63, 3.8) is 0 Å². The van der Waals surface area contributed by atoms with Crippen LogP contribution in [0.4, 0.5) is 0 Å². The van der Waals surface area contributed by atoms with Gasteiger partial charge in [-0.3, -0.25) is 14.3 Å². The van der Waals surface area contributed by atoms with Gasteiger partial charge in [0.2, 0.25) is 5.91 Å². The molecule has 2 aliphatic heterocycles. The summed E-state index contributed by atoms with van der Waals surface area (Å²) in [5.41, 5.74) is 3.42. The Morgan fingerprint density at radius 1 is 1.07 bits per heavy atom. The molecule has 0 saturated carbocycles. The van der Waals surface area contributed by atoms with Crippen LogP contribution in [0.2, 0.25) is 0 Å². The topological polar surface area (TPSA) is 84.5 Å². The lowest BCUT2D eigenvalue weighted by atomic mass is 10.1. The fourth-order valence-corrected chi connectivity index (χ4v) is 3.95. The maximum Gasteiger partial charge on any atom is 0.257 e. The van der Waals surface area contributed by atoms with Gasteiger partial charge in [-0.05, 0) is 33.1 Å². The molecule has 0 unspecified atom stereocenters. The molecule has 0 atom stereocenters. The summed E-state index contributed by atoms with van der Waals surface area (Å²) in [4.78, 5) is 29.2. The van der Waals surface area contributed by atoms with E-state index in [1.165, 1.54) is 0 Å². The van der Waals surface area contributed by atoms with E-state index in [0.717, 1.165) is 48.3 Å². The summed E-state index contributed by atoms with van der Waals surface area (Å²) >= 11 is 0. The van der Waals surface area contributed by atoms with Crippen LogP contribution < -0.4 is 0 Å². The average Bonchev–Trinajstić information content (AvgIpc) is 3.26. The Bertz CT molecular complexity index is 841. The summed E-state index contributed by atoms with van der Waals surface area (Å²) < 4.78 is 7.10. The first-order valence-corrected chi connectivity index (χ1v) is 9.58. The van der Waals surface area contributed by atoms with Gasteiger partial charge in [-0.15, -0.1) is 0 Å². The summed E-state index contributed by atoms with van der Waals surface area (Å²) in [5.74, 6) is 0.788. The first-order chi connectivity index (χ1) is 13.0. The van der Waals surface area contributed by atoms with Gasteiger partial charge in [0.1, 0.15) is 5.76 Å². The number of piperazine rings is 1. The lowest BCUT2D eigenvalue weighted by Gasteiger charge is -2.35. The summed E-state index contributed by atoms with van der Waals surface area (Å²) in [5, 5.41) is 8.27. The molecule has 0 radical (unpaired) electrons. The third kappa shape index (κ3) is 3.36. The van der Waals surface area contributed by atoms with E-state index >= 15 is 0 Å². The number of rotatable bonds is 3. The quantitative estimate of drug-likeness (QED) is 0.813. The molecule has 2 amide bonds. The van der Waals surface area contributed by atoms with Gasteiger partial charge in [-0.2, -0.15) is 5.10 Å². The zero-order chi connectivity index (χ0) is 19.0. The Balaban J connectivity index is 1.37. The van der Waals surface area contributed by atoms with Crippen LogP contribution in [-0.2, 0) is 24.2 Å². The monoisotopic (exact) mass is 371 g/mol. The number of carbonyl (C=O) groups excluding carboxylic acids is 2. The normalized spacial score (nSPS) is 17.1. The van der Waals surface area contributed by atoms with Gasteiger partial charge in [-0.25, -0.2) is 0 Å². The van der Waals surface area contributed by atoms with Gasteiger partial charge in [0, 0.05) is 38.3 Å². The molecule has 27 heavy (non-hydrogen) atoms. The molecule has 8 heteroatoms. The first-order valence-electron chi connectivity index (χ1n) is 9.58.